The molecule has 0 bridgehead atoms. The molecular formula is C48H30O. The zero-order valence-electron chi connectivity index (χ0n) is 31.3. The molecule has 0 unspecified atom stereocenters. The molecule has 1 heteroatoms. The highest BCUT2D eigenvalue weighted by Gasteiger charge is 2.22. The van der Waals surface area contributed by atoms with Crippen LogP contribution in [0.5, 0.6) is 0 Å². The molecule has 0 N–H and O–H groups in total. The fraction of sp³-hybridized carbons (Fsp3) is 0. The summed E-state index contributed by atoms with van der Waals surface area (Å²) in [6.45, 7) is 0. The van der Waals surface area contributed by atoms with Gasteiger partial charge in [-0.25, -0.2) is 0 Å². The van der Waals surface area contributed by atoms with Crippen molar-refractivity contribution in [3.8, 4) is 44.5 Å². The van der Waals surface area contributed by atoms with Gasteiger partial charge < -0.3 is 4.42 Å². The predicted octanol–water partition coefficient (Wildman–Crippen LogP) is 13.7. The summed E-state index contributed by atoms with van der Waals surface area (Å²) >= 11 is 0. The fourth-order valence-corrected chi connectivity index (χ4v) is 7.65. The van der Waals surface area contributed by atoms with Crippen molar-refractivity contribution >= 4 is 54.3 Å². The van der Waals surface area contributed by atoms with Gasteiger partial charge in [0.05, 0.1) is 6.85 Å². The van der Waals surface area contributed by atoms with Crippen LogP contribution in [-0.2, 0) is 0 Å². The van der Waals surface area contributed by atoms with Crippen LogP contribution in [0, 0.1) is 0 Å². The molecule has 0 saturated heterocycles. The predicted molar refractivity (Wildman–Crippen MR) is 208 cm³/mol. The Morgan fingerprint density at radius 1 is 0.388 bits per heavy atom. The van der Waals surface area contributed by atoms with E-state index in [2.05, 4.69) is 121 Å². The lowest BCUT2D eigenvalue weighted by atomic mass is 9.83. The van der Waals surface area contributed by atoms with E-state index in [0.717, 1.165) is 54.6 Å². The van der Waals surface area contributed by atoms with Crippen molar-refractivity contribution in [2.45, 2.75) is 0 Å². The minimum atomic E-state index is -0.401. The Morgan fingerprint density at radius 2 is 0.980 bits per heavy atom. The summed E-state index contributed by atoms with van der Waals surface area (Å²) < 4.78 is 48.1. The molecule has 1 aromatic heterocycles. The third kappa shape index (κ3) is 4.33. The van der Waals surface area contributed by atoms with E-state index in [-0.39, 0.29) is 29.7 Å². The maximum Gasteiger partial charge on any atom is 0.143 e. The van der Waals surface area contributed by atoms with Crippen LogP contribution in [-0.4, -0.2) is 0 Å². The summed E-state index contributed by atoms with van der Waals surface area (Å²) in [6.07, 6.45) is 0. The van der Waals surface area contributed by atoms with Crippen molar-refractivity contribution in [2.75, 3.05) is 0 Å². The third-order valence-electron chi connectivity index (χ3n) is 9.75. The van der Waals surface area contributed by atoms with Gasteiger partial charge >= 0.3 is 0 Å². The van der Waals surface area contributed by atoms with Crippen molar-refractivity contribution < 1.29 is 11.3 Å². The fourth-order valence-electron chi connectivity index (χ4n) is 7.65. The number of benzene rings is 9. The summed E-state index contributed by atoms with van der Waals surface area (Å²) in [7, 11) is 0. The second-order valence-corrected chi connectivity index (χ2v) is 12.4. The Bertz CT molecular complexity index is 3080. The molecule has 0 saturated carbocycles. The third-order valence-corrected chi connectivity index (χ3v) is 9.75. The van der Waals surface area contributed by atoms with Gasteiger partial charge in [0.1, 0.15) is 11.2 Å². The van der Waals surface area contributed by atoms with Crippen LogP contribution in [0.2, 0.25) is 0 Å². The maximum atomic E-state index is 8.53. The maximum absolute atomic E-state index is 8.53. The number of rotatable bonds is 4. The summed E-state index contributed by atoms with van der Waals surface area (Å²) in [6, 6.07) is 51.1. The van der Waals surface area contributed by atoms with E-state index in [0.29, 0.717) is 5.56 Å². The first-order chi connectivity index (χ1) is 26.4. The molecule has 0 aliphatic heterocycles. The molecule has 0 radical (unpaired) electrons. The lowest BCUT2D eigenvalue weighted by Crippen LogP contribution is -1.93. The minimum Gasteiger partial charge on any atom is -0.455 e. The lowest BCUT2D eigenvalue weighted by Gasteiger charge is -2.20. The summed E-state index contributed by atoms with van der Waals surface area (Å²) in [5.74, 6) is 0. The van der Waals surface area contributed by atoms with Crippen molar-refractivity contribution in [3.05, 3.63) is 182 Å². The average molecular weight is 628 g/mol. The molecule has 0 fully saturated rings. The second kappa shape index (κ2) is 11.1. The van der Waals surface area contributed by atoms with Crippen LogP contribution in [0.1, 0.15) is 6.85 Å². The molecule has 228 valence electrons. The molecule has 1 heterocycles. The Hall–Kier alpha value is -6.44. The molecule has 0 atom stereocenters. The van der Waals surface area contributed by atoms with Gasteiger partial charge in [-0.3, -0.25) is 0 Å². The SMILES string of the molecule is [2H]c1c([2H])c([2H])c(-c2ccc3c(ccc4c3oc3cccc(-c5c6ccccc6c(-c6ccccc6-c6ccccc6)c6ccccc56)c34)c2)c([2H])c1[2H]. The van der Waals surface area contributed by atoms with E-state index in [9.17, 15) is 0 Å². The molecule has 1 nitrogen and oxygen atoms in total. The van der Waals surface area contributed by atoms with Gasteiger partial charge in [0.15, 0.2) is 0 Å². The van der Waals surface area contributed by atoms with Gasteiger partial charge in [-0.05, 0) is 95.7 Å². The molecule has 0 aliphatic rings. The molecule has 0 spiro atoms. The number of fused-ring (bicyclic) bond motifs is 7. The smallest absolute Gasteiger partial charge is 0.143 e. The van der Waals surface area contributed by atoms with E-state index >= 15 is 0 Å². The largest absolute Gasteiger partial charge is 0.455 e. The van der Waals surface area contributed by atoms with E-state index in [1.807, 2.05) is 30.3 Å². The number of hydrogen-bond acceptors (Lipinski definition) is 1. The van der Waals surface area contributed by atoms with Crippen molar-refractivity contribution in [3.63, 3.8) is 0 Å². The van der Waals surface area contributed by atoms with Crippen LogP contribution >= 0.6 is 0 Å². The van der Waals surface area contributed by atoms with Gasteiger partial charge in [0, 0.05) is 16.2 Å². The number of furan rings is 1. The molecule has 9 aromatic carbocycles. The van der Waals surface area contributed by atoms with Crippen LogP contribution in [0.4, 0.5) is 0 Å². The molecule has 0 aliphatic carbocycles. The molecule has 10 aromatic rings. The van der Waals surface area contributed by atoms with Crippen LogP contribution < -0.4 is 0 Å². The molecular weight excluding hydrogens is 593 g/mol. The monoisotopic (exact) mass is 627 g/mol. The normalized spacial score (nSPS) is 13.1. The summed E-state index contributed by atoms with van der Waals surface area (Å²) in [5, 5.41) is 8.39. The lowest BCUT2D eigenvalue weighted by molar-refractivity contribution is 0.673. The zero-order chi connectivity index (χ0) is 36.7. The first kappa shape index (κ1) is 23.0. The van der Waals surface area contributed by atoms with Gasteiger partial charge in [-0.15, -0.1) is 0 Å². The van der Waals surface area contributed by atoms with Gasteiger partial charge in [0.25, 0.3) is 0 Å². The molecule has 0 amide bonds. The summed E-state index contributed by atoms with van der Waals surface area (Å²) in [4.78, 5) is 0. The Balaban J connectivity index is 1.23. The van der Waals surface area contributed by atoms with E-state index in [1.165, 1.54) is 33.0 Å². The molecule has 49 heavy (non-hydrogen) atoms. The van der Waals surface area contributed by atoms with Crippen LogP contribution in [0.15, 0.2) is 186 Å². The van der Waals surface area contributed by atoms with E-state index in [1.54, 1.807) is 0 Å². The Kier molecular flexibility index (Phi) is 5.20. The highest BCUT2D eigenvalue weighted by atomic mass is 16.3. The zero-order valence-corrected chi connectivity index (χ0v) is 26.3. The van der Waals surface area contributed by atoms with Crippen LogP contribution in [0.3, 0.4) is 0 Å². The standard InChI is InChI=1S/C48H30O/c1-3-14-31(15-4-1)33-26-28-36-34(30-33)27-29-43-47-42(24-13-25-44(47)49-48(36)43)46-40-22-11-9-20-38(40)45(39-21-10-12-23-41(39)46)37-19-8-7-18-35(37)32-16-5-2-6-17-32/h1-30H/i1D,3D,4D,14D,15D. The van der Waals surface area contributed by atoms with Gasteiger partial charge in [0.2, 0.25) is 0 Å². The van der Waals surface area contributed by atoms with Crippen LogP contribution in [0.25, 0.3) is 98.8 Å². The Labute approximate surface area is 291 Å². The summed E-state index contributed by atoms with van der Waals surface area (Å²) in [5.41, 5.74) is 9.23. The van der Waals surface area contributed by atoms with Crippen molar-refractivity contribution in [1.29, 1.82) is 0 Å². The van der Waals surface area contributed by atoms with E-state index < -0.39 is 6.04 Å². The first-order valence-corrected chi connectivity index (χ1v) is 16.4. The quantitative estimate of drug-likeness (QED) is 0.177. The first-order valence-electron chi connectivity index (χ1n) is 18.9. The number of hydrogen-bond donors (Lipinski definition) is 0. The van der Waals surface area contributed by atoms with Crippen molar-refractivity contribution in [2.24, 2.45) is 0 Å². The van der Waals surface area contributed by atoms with Gasteiger partial charge in [-0.2, -0.15) is 0 Å². The molecule has 10 rings (SSSR count). The Morgan fingerprint density at radius 3 is 1.69 bits per heavy atom. The second-order valence-electron chi connectivity index (χ2n) is 12.4. The highest BCUT2D eigenvalue weighted by molar-refractivity contribution is 6.27. The highest BCUT2D eigenvalue weighted by Crippen LogP contribution is 2.48. The average Bonchev–Trinajstić information content (AvgIpc) is 3.61. The van der Waals surface area contributed by atoms with E-state index in [4.69, 9.17) is 11.3 Å². The minimum absolute atomic E-state index is 0.184. The van der Waals surface area contributed by atoms with Gasteiger partial charge in [-0.1, -0.05) is 158 Å². The van der Waals surface area contributed by atoms with Crippen molar-refractivity contribution in [1.82, 2.24) is 0 Å². The topological polar surface area (TPSA) is 13.1 Å².